The van der Waals surface area contributed by atoms with Crippen molar-refractivity contribution in [2.45, 2.75) is 19.1 Å². The van der Waals surface area contributed by atoms with Crippen molar-refractivity contribution < 1.29 is 13.9 Å². The van der Waals surface area contributed by atoms with Crippen LogP contribution in [-0.4, -0.2) is 19.9 Å². The van der Waals surface area contributed by atoms with E-state index in [1.165, 1.54) is 23.4 Å². The van der Waals surface area contributed by atoms with Crippen LogP contribution < -0.4 is 0 Å². The molecule has 5 nitrogen and oxygen atoms in total. The lowest BCUT2D eigenvalue weighted by Gasteiger charge is -2.31. The van der Waals surface area contributed by atoms with Crippen molar-refractivity contribution in [2.75, 3.05) is 0 Å². The Labute approximate surface area is 166 Å². The largest absolute Gasteiger partial charge is 0.378 e. The molecule has 0 bridgehead atoms. The normalized spacial score (nSPS) is 13.6. The quantitative estimate of drug-likeness (QED) is 0.642. The SMILES string of the molecule is C=C(c1ccc(C=C(C)C#N)cc1)C(O)(Cn1cncn1)c1ccc(F)cc1F. The minimum atomic E-state index is -1.90. The van der Waals surface area contributed by atoms with E-state index in [2.05, 4.69) is 16.7 Å². The van der Waals surface area contributed by atoms with Crippen LogP contribution in [-0.2, 0) is 12.1 Å². The van der Waals surface area contributed by atoms with Crippen LogP contribution in [0.1, 0.15) is 23.6 Å². The van der Waals surface area contributed by atoms with Gasteiger partial charge in [0.25, 0.3) is 0 Å². The highest BCUT2D eigenvalue weighted by molar-refractivity contribution is 5.73. The number of halogens is 2. The summed E-state index contributed by atoms with van der Waals surface area (Å²) in [5.41, 5.74) is 0.102. The van der Waals surface area contributed by atoms with Crippen LogP contribution in [0.5, 0.6) is 0 Å². The molecule has 0 aliphatic rings. The van der Waals surface area contributed by atoms with Crippen LogP contribution in [0.3, 0.4) is 0 Å². The van der Waals surface area contributed by atoms with Crippen molar-refractivity contribution in [1.29, 1.82) is 5.26 Å². The smallest absolute Gasteiger partial charge is 0.137 e. The third kappa shape index (κ3) is 4.28. The molecule has 3 rings (SSSR count). The Bertz CT molecular complexity index is 1100. The van der Waals surface area contributed by atoms with Crippen LogP contribution in [0.4, 0.5) is 8.78 Å². The fourth-order valence-electron chi connectivity index (χ4n) is 3.02. The van der Waals surface area contributed by atoms with Gasteiger partial charge in [-0.05, 0) is 41.8 Å². The maximum atomic E-state index is 14.6. The van der Waals surface area contributed by atoms with Gasteiger partial charge in [0.05, 0.1) is 12.6 Å². The maximum Gasteiger partial charge on any atom is 0.137 e. The highest BCUT2D eigenvalue weighted by Crippen LogP contribution is 2.38. The Balaban J connectivity index is 2.04. The average molecular weight is 392 g/mol. The average Bonchev–Trinajstić information content (AvgIpc) is 3.20. The predicted molar refractivity (Wildman–Crippen MR) is 105 cm³/mol. The number of hydrogen-bond acceptors (Lipinski definition) is 4. The Morgan fingerprint density at radius 2 is 2.00 bits per heavy atom. The lowest BCUT2D eigenvalue weighted by atomic mass is 9.82. The number of rotatable bonds is 6. The van der Waals surface area contributed by atoms with Crippen molar-refractivity contribution in [2.24, 2.45) is 0 Å². The number of aromatic nitrogens is 3. The minimum Gasteiger partial charge on any atom is -0.378 e. The Kier molecular flexibility index (Phi) is 5.66. The Morgan fingerprint density at radius 1 is 1.28 bits per heavy atom. The van der Waals surface area contributed by atoms with Gasteiger partial charge < -0.3 is 5.11 Å². The molecular formula is C22H18F2N4O. The van der Waals surface area contributed by atoms with Crippen molar-refractivity contribution in [3.05, 3.63) is 95.6 Å². The summed E-state index contributed by atoms with van der Waals surface area (Å²) in [6, 6.07) is 12.0. The van der Waals surface area contributed by atoms with Crippen LogP contribution in [0.15, 0.2) is 67.3 Å². The molecule has 0 aliphatic heterocycles. The molecule has 146 valence electrons. The van der Waals surface area contributed by atoms with E-state index in [9.17, 15) is 13.9 Å². The first-order valence-corrected chi connectivity index (χ1v) is 8.72. The molecule has 3 aromatic rings. The van der Waals surface area contributed by atoms with Crippen LogP contribution in [0, 0.1) is 23.0 Å². The highest BCUT2D eigenvalue weighted by atomic mass is 19.1. The summed E-state index contributed by atoms with van der Waals surface area (Å²) >= 11 is 0. The summed E-state index contributed by atoms with van der Waals surface area (Å²) in [6.45, 7) is 5.52. The fraction of sp³-hybridized carbons (Fsp3) is 0.136. The molecule has 2 aromatic carbocycles. The molecule has 0 aliphatic carbocycles. The van der Waals surface area contributed by atoms with E-state index in [1.807, 2.05) is 6.07 Å². The number of benzene rings is 2. The zero-order valence-corrected chi connectivity index (χ0v) is 15.7. The second-order valence-corrected chi connectivity index (χ2v) is 6.62. The molecule has 1 heterocycles. The van der Waals surface area contributed by atoms with Crippen molar-refractivity contribution >= 4 is 11.6 Å². The highest BCUT2D eigenvalue weighted by Gasteiger charge is 2.37. The van der Waals surface area contributed by atoms with E-state index < -0.39 is 17.2 Å². The molecule has 0 saturated heterocycles. The molecule has 1 N–H and O–H groups in total. The van der Waals surface area contributed by atoms with Gasteiger partial charge in [0.1, 0.15) is 29.9 Å². The number of aliphatic hydroxyl groups is 1. The molecule has 7 heteroatoms. The summed E-state index contributed by atoms with van der Waals surface area (Å²) in [4.78, 5) is 3.84. The van der Waals surface area contributed by atoms with Gasteiger partial charge >= 0.3 is 0 Å². The van der Waals surface area contributed by atoms with Gasteiger partial charge in [-0.1, -0.05) is 30.8 Å². The predicted octanol–water partition coefficient (Wildman–Crippen LogP) is 4.08. The second-order valence-electron chi connectivity index (χ2n) is 6.62. The molecule has 0 saturated carbocycles. The van der Waals surface area contributed by atoms with Gasteiger partial charge in [-0.15, -0.1) is 0 Å². The topological polar surface area (TPSA) is 74.7 Å². The molecule has 1 atom stereocenters. The maximum absolute atomic E-state index is 14.6. The van der Waals surface area contributed by atoms with Gasteiger partial charge in [-0.25, -0.2) is 18.4 Å². The minimum absolute atomic E-state index is 0.122. The monoisotopic (exact) mass is 392 g/mol. The zero-order chi connectivity index (χ0) is 21.0. The number of hydrogen-bond donors (Lipinski definition) is 1. The number of nitriles is 1. The van der Waals surface area contributed by atoms with E-state index in [-0.39, 0.29) is 17.7 Å². The van der Waals surface area contributed by atoms with E-state index in [0.29, 0.717) is 17.2 Å². The molecule has 0 fully saturated rings. The third-order valence-corrected chi connectivity index (χ3v) is 4.55. The lowest BCUT2D eigenvalue weighted by Crippen LogP contribution is -2.34. The third-order valence-electron chi connectivity index (χ3n) is 4.55. The van der Waals surface area contributed by atoms with Crippen LogP contribution >= 0.6 is 0 Å². The summed E-state index contributed by atoms with van der Waals surface area (Å²) < 4.78 is 29.3. The molecule has 29 heavy (non-hydrogen) atoms. The summed E-state index contributed by atoms with van der Waals surface area (Å²) in [7, 11) is 0. The first-order valence-electron chi connectivity index (χ1n) is 8.72. The first kappa shape index (κ1) is 20.1. The van der Waals surface area contributed by atoms with Crippen molar-refractivity contribution in [3.63, 3.8) is 0 Å². The van der Waals surface area contributed by atoms with Gasteiger partial charge in [0.15, 0.2) is 0 Å². The van der Waals surface area contributed by atoms with Crippen LogP contribution in [0.25, 0.3) is 11.6 Å². The standard InChI is InChI=1S/C22H18F2N4O/c1-15(11-25)9-17-3-5-18(6-4-17)16(2)22(29,12-28-14-26-13-27-28)20-8-7-19(23)10-21(20)24/h3-10,13-14,29H,2,12H2,1H3. The van der Waals surface area contributed by atoms with Crippen molar-refractivity contribution in [1.82, 2.24) is 14.8 Å². The van der Waals surface area contributed by atoms with Crippen LogP contribution in [0.2, 0.25) is 0 Å². The van der Waals surface area contributed by atoms with Gasteiger partial charge in [0.2, 0.25) is 0 Å². The second kappa shape index (κ2) is 8.17. The zero-order valence-electron chi connectivity index (χ0n) is 15.7. The molecule has 0 spiro atoms. The summed E-state index contributed by atoms with van der Waals surface area (Å²) in [6.07, 6.45) is 4.40. The van der Waals surface area contributed by atoms with E-state index in [4.69, 9.17) is 5.26 Å². The molecular weight excluding hydrogens is 374 g/mol. The number of allylic oxidation sites excluding steroid dienone is 1. The fourth-order valence-corrected chi connectivity index (χ4v) is 3.02. The van der Waals surface area contributed by atoms with E-state index in [0.717, 1.165) is 11.6 Å². The Morgan fingerprint density at radius 3 is 2.59 bits per heavy atom. The molecule has 0 radical (unpaired) electrons. The van der Waals surface area contributed by atoms with E-state index >= 15 is 0 Å². The summed E-state index contributed by atoms with van der Waals surface area (Å²) in [5.74, 6) is -1.64. The Hall–Kier alpha value is -3.63. The number of nitrogens with zero attached hydrogens (tertiary/aromatic N) is 4. The molecule has 1 aromatic heterocycles. The van der Waals surface area contributed by atoms with Gasteiger partial charge in [-0.2, -0.15) is 10.4 Å². The van der Waals surface area contributed by atoms with Gasteiger partial charge in [0, 0.05) is 17.2 Å². The van der Waals surface area contributed by atoms with Crippen molar-refractivity contribution in [3.8, 4) is 6.07 Å². The summed E-state index contributed by atoms with van der Waals surface area (Å²) in [5, 5.41) is 24.4. The molecule has 0 amide bonds. The van der Waals surface area contributed by atoms with Gasteiger partial charge in [-0.3, -0.25) is 0 Å². The van der Waals surface area contributed by atoms with E-state index in [1.54, 1.807) is 37.3 Å². The first-order chi connectivity index (χ1) is 13.8. The lowest BCUT2D eigenvalue weighted by molar-refractivity contribution is 0.0726. The molecule has 1 unspecified atom stereocenters.